The fraction of sp³-hybridized carbons (Fsp3) is 0.174. The van der Waals surface area contributed by atoms with Gasteiger partial charge in [-0.05, 0) is 49.2 Å². The van der Waals surface area contributed by atoms with Crippen LogP contribution in [0.2, 0.25) is 0 Å². The third-order valence-electron chi connectivity index (χ3n) is 4.58. The van der Waals surface area contributed by atoms with Gasteiger partial charge in [0, 0.05) is 18.3 Å². The number of nitrogens with zero attached hydrogens (tertiary/aromatic N) is 3. The quantitative estimate of drug-likeness (QED) is 0.484. The monoisotopic (exact) mass is 402 g/mol. The lowest BCUT2D eigenvalue weighted by atomic mass is 10.1. The van der Waals surface area contributed by atoms with Crippen LogP contribution in [0.5, 0.6) is 0 Å². The van der Waals surface area contributed by atoms with Crippen molar-refractivity contribution in [2.75, 3.05) is 0 Å². The van der Waals surface area contributed by atoms with Crippen LogP contribution in [0.3, 0.4) is 0 Å². The molecule has 0 radical (unpaired) electrons. The Morgan fingerprint density at radius 1 is 1.10 bits per heavy atom. The highest BCUT2D eigenvalue weighted by molar-refractivity contribution is 7.19. The number of fused-ring (bicyclic) bond motifs is 1. The van der Waals surface area contributed by atoms with Crippen molar-refractivity contribution in [3.05, 3.63) is 88.2 Å². The lowest BCUT2D eigenvalue weighted by Gasteiger charge is -2.08. The third kappa shape index (κ3) is 4.78. The number of rotatable bonds is 6. The summed E-state index contributed by atoms with van der Waals surface area (Å²) in [4.78, 5) is 16.7. The van der Waals surface area contributed by atoms with Gasteiger partial charge < -0.3 is 5.32 Å². The molecule has 5 nitrogen and oxygen atoms in total. The van der Waals surface area contributed by atoms with Crippen LogP contribution in [0.15, 0.2) is 60.7 Å². The molecule has 0 aliphatic rings. The largest absolute Gasteiger partial charge is 0.348 e. The molecular weight excluding hydrogens is 380 g/mol. The lowest BCUT2D eigenvalue weighted by molar-refractivity contribution is -0.116. The first kappa shape index (κ1) is 19.1. The van der Waals surface area contributed by atoms with Crippen LogP contribution < -0.4 is 5.32 Å². The zero-order chi connectivity index (χ0) is 20.2. The van der Waals surface area contributed by atoms with Gasteiger partial charge in [0.15, 0.2) is 0 Å². The van der Waals surface area contributed by atoms with E-state index in [9.17, 15) is 4.79 Å². The van der Waals surface area contributed by atoms with Gasteiger partial charge in [0.2, 0.25) is 5.91 Å². The molecule has 2 aromatic heterocycles. The fourth-order valence-corrected chi connectivity index (χ4v) is 4.07. The number of amides is 1. The van der Waals surface area contributed by atoms with E-state index in [1.54, 1.807) is 17.4 Å². The maximum absolute atomic E-state index is 12.2. The van der Waals surface area contributed by atoms with Crippen molar-refractivity contribution in [1.82, 2.24) is 20.1 Å². The maximum atomic E-state index is 12.2. The molecule has 6 heteroatoms. The van der Waals surface area contributed by atoms with E-state index >= 15 is 0 Å². The van der Waals surface area contributed by atoms with E-state index in [-0.39, 0.29) is 5.91 Å². The Hall–Kier alpha value is -3.25. The molecule has 146 valence electrons. The first-order valence-corrected chi connectivity index (χ1v) is 10.3. The Bertz CT molecular complexity index is 1160. The van der Waals surface area contributed by atoms with E-state index < -0.39 is 0 Å². The van der Waals surface area contributed by atoms with Gasteiger partial charge in [0.1, 0.15) is 5.01 Å². The van der Waals surface area contributed by atoms with Crippen LogP contribution in [0.25, 0.3) is 16.3 Å². The van der Waals surface area contributed by atoms with Crippen LogP contribution in [-0.4, -0.2) is 20.7 Å². The Labute approximate surface area is 173 Å². The summed E-state index contributed by atoms with van der Waals surface area (Å²) in [6.45, 7) is 5.26. The molecule has 4 aromatic rings. The zero-order valence-electron chi connectivity index (χ0n) is 16.4. The molecule has 0 saturated carbocycles. The van der Waals surface area contributed by atoms with Crippen LogP contribution >= 0.6 is 11.3 Å². The van der Waals surface area contributed by atoms with Crippen molar-refractivity contribution in [1.29, 1.82) is 0 Å². The highest BCUT2D eigenvalue weighted by Crippen LogP contribution is 2.22. The highest BCUT2D eigenvalue weighted by Gasteiger charge is 2.04. The predicted octanol–water partition coefficient (Wildman–Crippen LogP) is 4.49. The summed E-state index contributed by atoms with van der Waals surface area (Å²) in [7, 11) is 0. The minimum Gasteiger partial charge on any atom is -0.348 e. The molecule has 1 N–H and O–H groups in total. The number of nitrogens with one attached hydrogen (secondary N) is 1. The number of aryl methyl sites for hydroxylation is 2. The summed E-state index contributed by atoms with van der Waals surface area (Å²) in [6, 6.07) is 18.2. The molecule has 0 saturated heterocycles. The number of para-hydroxylation sites is 1. The molecule has 0 aliphatic heterocycles. The number of carbonyl (C=O) groups excluding carboxylic acids is 1. The van der Waals surface area contributed by atoms with Crippen molar-refractivity contribution in [3.8, 4) is 0 Å². The molecule has 0 spiro atoms. The average Bonchev–Trinajstić information content (AvgIpc) is 3.27. The first-order chi connectivity index (χ1) is 14.1. The Kier molecular flexibility index (Phi) is 5.53. The van der Waals surface area contributed by atoms with Crippen molar-refractivity contribution in [2.24, 2.45) is 0 Å². The lowest BCUT2D eigenvalue weighted by Crippen LogP contribution is -2.20. The Morgan fingerprint density at radius 3 is 2.72 bits per heavy atom. The van der Waals surface area contributed by atoms with Crippen molar-refractivity contribution >= 4 is 33.5 Å². The van der Waals surface area contributed by atoms with Gasteiger partial charge in [-0.1, -0.05) is 36.4 Å². The van der Waals surface area contributed by atoms with Crippen molar-refractivity contribution in [2.45, 2.75) is 26.9 Å². The topological polar surface area (TPSA) is 59.8 Å². The second-order valence-corrected chi connectivity index (χ2v) is 8.04. The first-order valence-electron chi connectivity index (χ1n) is 9.47. The Balaban J connectivity index is 1.35. The number of benzene rings is 2. The third-order valence-corrected chi connectivity index (χ3v) is 5.58. The summed E-state index contributed by atoms with van der Waals surface area (Å²) in [5.41, 5.74) is 5.34. The van der Waals surface area contributed by atoms with Crippen molar-refractivity contribution in [3.63, 3.8) is 0 Å². The van der Waals surface area contributed by atoms with Gasteiger partial charge in [-0.15, -0.1) is 11.3 Å². The van der Waals surface area contributed by atoms with Gasteiger partial charge >= 0.3 is 0 Å². The van der Waals surface area contributed by atoms with Crippen LogP contribution in [0.4, 0.5) is 0 Å². The van der Waals surface area contributed by atoms with Crippen LogP contribution in [-0.2, 0) is 17.9 Å². The molecule has 0 atom stereocenters. The summed E-state index contributed by atoms with van der Waals surface area (Å²) in [5, 5.41) is 8.28. The number of thiazole rings is 1. The van der Waals surface area contributed by atoms with E-state index in [2.05, 4.69) is 40.5 Å². The van der Waals surface area contributed by atoms with E-state index in [0.717, 1.165) is 44.3 Å². The van der Waals surface area contributed by atoms with Gasteiger partial charge in [-0.2, -0.15) is 5.10 Å². The van der Waals surface area contributed by atoms with E-state index in [0.29, 0.717) is 6.54 Å². The molecule has 1 amide bonds. The number of aromatic nitrogens is 3. The molecular formula is C23H22N4OS. The summed E-state index contributed by atoms with van der Waals surface area (Å²) in [6.07, 6.45) is 3.30. The molecule has 2 aromatic carbocycles. The normalized spacial score (nSPS) is 11.4. The Morgan fingerprint density at radius 2 is 1.93 bits per heavy atom. The van der Waals surface area contributed by atoms with E-state index in [4.69, 9.17) is 0 Å². The fourth-order valence-electron chi connectivity index (χ4n) is 3.20. The molecule has 2 heterocycles. The summed E-state index contributed by atoms with van der Waals surface area (Å²) in [5.74, 6) is -0.131. The SMILES string of the molecule is Cc1cc(C)n(Cc2cccc(CNC(=O)/C=C/c3nc4ccccc4s3)c2)n1. The van der Waals surface area contributed by atoms with Gasteiger partial charge in [-0.3, -0.25) is 9.48 Å². The van der Waals surface area contributed by atoms with Gasteiger partial charge in [0.25, 0.3) is 0 Å². The summed E-state index contributed by atoms with van der Waals surface area (Å²) < 4.78 is 3.11. The molecule has 0 aliphatic carbocycles. The molecule has 0 bridgehead atoms. The highest BCUT2D eigenvalue weighted by atomic mass is 32.1. The summed E-state index contributed by atoms with van der Waals surface area (Å²) >= 11 is 1.57. The van der Waals surface area contributed by atoms with E-state index in [1.165, 1.54) is 6.08 Å². The maximum Gasteiger partial charge on any atom is 0.244 e. The molecule has 0 fully saturated rings. The van der Waals surface area contributed by atoms with Gasteiger partial charge in [-0.25, -0.2) is 4.98 Å². The van der Waals surface area contributed by atoms with Crippen LogP contribution in [0, 0.1) is 13.8 Å². The number of carbonyl (C=O) groups is 1. The smallest absolute Gasteiger partial charge is 0.244 e. The van der Waals surface area contributed by atoms with E-state index in [1.807, 2.05) is 48.0 Å². The second kappa shape index (κ2) is 8.41. The molecule has 0 unspecified atom stereocenters. The zero-order valence-corrected chi connectivity index (χ0v) is 17.2. The average molecular weight is 403 g/mol. The molecule has 4 rings (SSSR count). The van der Waals surface area contributed by atoms with Gasteiger partial charge in [0.05, 0.1) is 22.5 Å². The van der Waals surface area contributed by atoms with Crippen molar-refractivity contribution < 1.29 is 4.79 Å². The number of hydrogen-bond acceptors (Lipinski definition) is 4. The second-order valence-electron chi connectivity index (χ2n) is 6.98. The minimum atomic E-state index is -0.131. The minimum absolute atomic E-state index is 0.131. The molecule has 29 heavy (non-hydrogen) atoms. The number of hydrogen-bond donors (Lipinski definition) is 1. The predicted molar refractivity (Wildman–Crippen MR) is 118 cm³/mol. The van der Waals surface area contributed by atoms with Crippen LogP contribution in [0.1, 0.15) is 27.5 Å². The standard InChI is InChI=1S/C23H22N4OS/c1-16-12-17(2)27(26-16)15-19-7-5-6-18(13-19)14-24-22(28)10-11-23-25-20-8-3-4-9-21(20)29-23/h3-13H,14-15H2,1-2H3,(H,24,28)/b11-10+.